The number of hydrogen-bond donors (Lipinski definition) is 1. The second kappa shape index (κ2) is 5.48. The van der Waals surface area contributed by atoms with Gasteiger partial charge in [0.2, 0.25) is 0 Å². The van der Waals surface area contributed by atoms with Gasteiger partial charge in [-0.2, -0.15) is 0 Å². The minimum Gasteiger partial charge on any atom is -0.326 e. The van der Waals surface area contributed by atoms with Crippen LogP contribution in [0.2, 0.25) is 0 Å². The van der Waals surface area contributed by atoms with Gasteiger partial charge in [-0.1, -0.05) is 13.8 Å². The van der Waals surface area contributed by atoms with Crippen molar-refractivity contribution in [3.05, 3.63) is 0 Å². The highest BCUT2D eigenvalue weighted by Crippen LogP contribution is 2.38. The number of likely N-dealkylation sites (tertiary alicyclic amines) is 1. The quantitative estimate of drug-likeness (QED) is 0.834. The van der Waals surface area contributed by atoms with Crippen LogP contribution in [-0.2, 0) is 0 Å². The van der Waals surface area contributed by atoms with Gasteiger partial charge < -0.3 is 10.6 Å². The number of rotatable bonds is 3. The normalized spacial score (nSPS) is 37.3. The van der Waals surface area contributed by atoms with Crippen LogP contribution in [0, 0.1) is 5.41 Å². The van der Waals surface area contributed by atoms with Crippen molar-refractivity contribution in [2.45, 2.75) is 64.1 Å². The Hall–Kier alpha value is -0.120. The van der Waals surface area contributed by atoms with Crippen LogP contribution in [0.25, 0.3) is 0 Å². The van der Waals surface area contributed by atoms with Gasteiger partial charge in [0.1, 0.15) is 0 Å². The smallest absolute Gasteiger partial charge is 0.0255 e. The molecule has 0 aromatic carbocycles. The fourth-order valence-electron chi connectivity index (χ4n) is 3.84. The van der Waals surface area contributed by atoms with E-state index in [4.69, 9.17) is 5.73 Å². The van der Waals surface area contributed by atoms with Crippen molar-refractivity contribution in [3.8, 4) is 0 Å². The van der Waals surface area contributed by atoms with Gasteiger partial charge in [-0.25, -0.2) is 0 Å². The lowest BCUT2D eigenvalue weighted by atomic mass is 9.72. The summed E-state index contributed by atoms with van der Waals surface area (Å²) in [5.41, 5.74) is 6.90. The van der Waals surface area contributed by atoms with E-state index in [0.29, 0.717) is 17.5 Å². The average molecular weight is 253 g/mol. The Kier molecular flexibility index (Phi) is 4.35. The second-order valence-electron chi connectivity index (χ2n) is 7.43. The summed E-state index contributed by atoms with van der Waals surface area (Å²) < 4.78 is 0. The third kappa shape index (κ3) is 3.25. The van der Waals surface area contributed by atoms with Gasteiger partial charge in [-0.3, -0.25) is 4.90 Å². The molecule has 2 rings (SSSR count). The standard InChI is InChI=1S/C15H31N3/c1-15(2)8-7-13(16)14(10-15)18-9-5-6-12(18)11-17(3)4/h12-14H,5-11,16H2,1-4H3. The molecule has 1 heterocycles. The van der Waals surface area contributed by atoms with Gasteiger partial charge in [0.15, 0.2) is 0 Å². The van der Waals surface area contributed by atoms with E-state index in [9.17, 15) is 0 Å². The molecule has 1 saturated carbocycles. The van der Waals surface area contributed by atoms with Crippen LogP contribution in [0.3, 0.4) is 0 Å². The fraction of sp³-hybridized carbons (Fsp3) is 1.00. The van der Waals surface area contributed by atoms with Crippen molar-refractivity contribution < 1.29 is 0 Å². The zero-order valence-electron chi connectivity index (χ0n) is 12.7. The summed E-state index contributed by atoms with van der Waals surface area (Å²) in [6, 6.07) is 1.73. The molecule has 3 heteroatoms. The lowest BCUT2D eigenvalue weighted by Crippen LogP contribution is -2.55. The Morgan fingerprint density at radius 2 is 2.00 bits per heavy atom. The molecule has 3 nitrogen and oxygen atoms in total. The molecule has 0 aromatic heterocycles. The van der Waals surface area contributed by atoms with E-state index in [0.717, 1.165) is 6.04 Å². The topological polar surface area (TPSA) is 32.5 Å². The van der Waals surface area contributed by atoms with Crippen molar-refractivity contribution in [3.63, 3.8) is 0 Å². The van der Waals surface area contributed by atoms with Crippen molar-refractivity contribution in [1.82, 2.24) is 9.80 Å². The SMILES string of the molecule is CN(C)CC1CCCN1C1CC(C)(C)CCC1N. The second-order valence-corrected chi connectivity index (χ2v) is 7.43. The van der Waals surface area contributed by atoms with Gasteiger partial charge >= 0.3 is 0 Å². The molecule has 1 aliphatic heterocycles. The van der Waals surface area contributed by atoms with Crippen LogP contribution in [-0.4, -0.2) is 55.1 Å². The molecule has 2 fully saturated rings. The highest BCUT2D eigenvalue weighted by molar-refractivity contribution is 4.97. The van der Waals surface area contributed by atoms with E-state index in [1.54, 1.807) is 0 Å². The third-order valence-electron chi connectivity index (χ3n) is 4.83. The summed E-state index contributed by atoms with van der Waals surface area (Å²) in [5.74, 6) is 0. The monoisotopic (exact) mass is 253 g/mol. The molecule has 0 radical (unpaired) electrons. The lowest BCUT2D eigenvalue weighted by Gasteiger charge is -2.45. The highest BCUT2D eigenvalue weighted by Gasteiger charge is 2.40. The number of nitrogens with zero attached hydrogens (tertiary/aromatic N) is 2. The van der Waals surface area contributed by atoms with Crippen LogP contribution in [0.1, 0.15) is 46.0 Å². The average Bonchev–Trinajstić information content (AvgIpc) is 2.69. The molecule has 1 saturated heterocycles. The van der Waals surface area contributed by atoms with Crippen molar-refractivity contribution in [2.24, 2.45) is 11.1 Å². The van der Waals surface area contributed by atoms with Crippen LogP contribution < -0.4 is 5.73 Å². The van der Waals surface area contributed by atoms with Gasteiger partial charge in [0.25, 0.3) is 0 Å². The molecular formula is C15H31N3. The molecule has 0 aromatic rings. The first-order valence-corrected chi connectivity index (χ1v) is 7.55. The minimum atomic E-state index is 0.390. The maximum Gasteiger partial charge on any atom is 0.0255 e. The minimum absolute atomic E-state index is 0.390. The first-order chi connectivity index (χ1) is 8.39. The molecule has 3 unspecified atom stereocenters. The van der Waals surface area contributed by atoms with Crippen molar-refractivity contribution in [1.29, 1.82) is 0 Å². The van der Waals surface area contributed by atoms with E-state index >= 15 is 0 Å². The maximum absolute atomic E-state index is 6.42. The fourth-order valence-corrected chi connectivity index (χ4v) is 3.84. The number of hydrogen-bond acceptors (Lipinski definition) is 3. The van der Waals surface area contributed by atoms with Crippen molar-refractivity contribution >= 4 is 0 Å². The Morgan fingerprint density at radius 1 is 1.28 bits per heavy atom. The van der Waals surface area contributed by atoms with Gasteiger partial charge in [0.05, 0.1) is 0 Å². The number of nitrogens with two attached hydrogens (primary N) is 1. The Balaban J connectivity index is 2.03. The van der Waals surface area contributed by atoms with E-state index in [1.165, 1.54) is 45.2 Å². The molecule has 3 atom stereocenters. The highest BCUT2D eigenvalue weighted by atomic mass is 15.3. The zero-order valence-corrected chi connectivity index (χ0v) is 12.7. The van der Waals surface area contributed by atoms with E-state index in [1.807, 2.05) is 0 Å². The Morgan fingerprint density at radius 3 is 2.67 bits per heavy atom. The zero-order chi connectivity index (χ0) is 13.3. The maximum atomic E-state index is 6.42. The molecular weight excluding hydrogens is 222 g/mol. The van der Waals surface area contributed by atoms with Gasteiger partial charge in [-0.05, 0) is 58.2 Å². The predicted molar refractivity (Wildman–Crippen MR) is 77.7 cm³/mol. The van der Waals surface area contributed by atoms with Crippen LogP contribution in [0.5, 0.6) is 0 Å². The molecule has 2 aliphatic rings. The van der Waals surface area contributed by atoms with E-state index in [-0.39, 0.29) is 0 Å². The first kappa shape index (κ1) is 14.3. The van der Waals surface area contributed by atoms with Crippen LogP contribution >= 0.6 is 0 Å². The third-order valence-corrected chi connectivity index (χ3v) is 4.83. The summed E-state index contributed by atoms with van der Waals surface area (Å²) in [4.78, 5) is 5.05. The summed E-state index contributed by atoms with van der Waals surface area (Å²) >= 11 is 0. The first-order valence-electron chi connectivity index (χ1n) is 7.55. The summed E-state index contributed by atoms with van der Waals surface area (Å²) in [6.45, 7) is 7.25. The molecule has 18 heavy (non-hydrogen) atoms. The number of likely N-dealkylation sites (N-methyl/N-ethyl adjacent to an activating group) is 1. The summed E-state index contributed by atoms with van der Waals surface area (Å²) in [6.07, 6.45) is 6.46. The lowest BCUT2D eigenvalue weighted by molar-refractivity contribution is 0.0610. The van der Waals surface area contributed by atoms with Gasteiger partial charge in [-0.15, -0.1) is 0 Å². The molecule has 0 spiro atoms. The molecule has 1 aliphatic carbocycles. The predicted octanol–water partition coefficient (Wildman–Crippen LogP) is 1.92. The van der Waals surface area contributed by atoms with E-state index < -0.39 is 0 Å². The summed E-state index contributed by atoms with van der Waals surface area (Å²) in [5, 5.41) is 0. The molecule has 0 amide bonds. The Bertz CT molecular complexity index is 275. The van der Waals surface area contributed by atoms with Crippen molar-refractivity contribution in [2.75, 3.05) is 27.2 Å². The molecule has 0 bridgehead atoms. The molecule has 106 valence electrons. The van der Waals surface area contributed by atoms with Crippen LogP contribution in [0.15, 0.2) is 0 Å². The van der Waals surface area contributed by atoms with E-state index in [2.05, 4.69) is 37.7 Å². The van der Waals surface area contributed by atoms with Gasteiger partial charge in [0, 0.05) is 24.7 Å². The molecule has 2 N–H and O–H groups in total. The largest absolute Gasteiger partial charge is 0.326 e. The summed E-state index contributed by atoms with van der Waals surface area (Å²) in [7, 11) is 4.36. The van der Waals surface area contributed by atoms with Crippen LogP contribution in [0.4, 0.5) is 0 Å². The Labute approximate surface area is 113 Å².